The van der Waals surface area contributed by atoms with E-state index in [0.717, 1.165) is 6.07 Å². The van der Waals surface area contributed by atoms with E-state index in [-0.39, 0.29) is 30.3 Å². The zero-order chi connectivity index (χ0) is 21.4. The number of benzene rings is 1. The molecule has 0 radical (unpaired) electrons. The summed E-state index contributed by atoms with van der Waals surface area (Å²) >= 11 is 3.22. The van der Waals surface area contributed by atoms with Crippen molar-refractivity contribution in [3.05, 3.63) is 34.1 Å². The summed E-state index contributed by atoms with van der Waals surface area (Å²) < 4.78 is 13.8. The largest absolute Gasteiger partial charge is 0.351 e. The zero-order valence-electron chi connectivity index (χ0n) is 16.9. The highest BCUT2D eigenvalue weighted by Crippen LogP contribution is 2.17. The lowest BCUT2D eigenvalue weighted by Gasteiger charge is -2.35. The summed E-state index contributed by atoms with van der Waals surface area (Å²) in [6.45, 7) is 8.32. The van der Waals surface area contributed by atoms with Gasteiger partial charge in [-0.15, -0.1) is 0 Å². The van der Waals surface area contributed by atoms with E-state index in [1.165, 1.54) is 12.1 Å². The molecular formula is C20H28BrFN4O3. The molecule has 160 valence electrons. The van der Waals surface area contributed by atoms with Crippen molar-refractivity contribution in [2.45, 2.75) is 20.3 Å². The molecule has 0 atom stereocenters. The Bertz CT molecular complexity index is 734. The monoisotopic (exact) mass is 470 g/mol. The van der Waals surface area contributed by atoms with Gasteiger partial charge in [0.05, 0.1) is 12.1 Å². The fraction of sp³-hybridized carbons (Fsp3) is 0.550. The van der Waals surface area contributed by atoms with Crippen LogP contribution in [0.1, 0.15) is 30.6 Å². The third-order valence-electron chi connectivity index (χ3n) is 5.00. The van der Waals surface area contributed by atoms with Crippen molar-refractivity contribution in [3.8, 4) is 0 Å². The second-order valence-electron chi connectivity index (χ2n) is 6.85. The van der Waals surface area contributed by atoms with E-state index in [1.54, 1.807) is 9.80 Å². The van der Waals surface area contributed by atoms with Gasteiger partial charge in [0.2, 0.25) is 11.8 Å². The van der Waals surface area contributed by atoms with E-state index >= 15 is 0 Å². The standard InChI is InChI=1S/C20H28BrFN4O3/c1-3-25(4-2)19(28)14-24-9-11-26(12-10-24)18(27)7-8-23-20(29)16-13-15(22)5-6-17(16)21/h5-6,13H,3-4,7-12,14H2,1-2H3,(H,23,29). The lowest BCUT2D eigenvalue weighted by molar-refractivity contribution is -0.134. The Morgan fingerprint density at radius 3 is 2.41 bits per heavy atom. The van der Waals surface area contributed by atoms with Crippen molar-refractivity contribution in [1.29, 1.82) is 0 Å². The van der Waals surface area contributed by atoms with Crippen molar-refractivity contribution in [2.24, 2.45) is 0 Å². The van der Waals surface area contributed by atoms with E-state index in [9.17, 15) is 18.8 Å². The first-order valence-corrected chi connectivity index (χ1v) is 10.7. The van der Waals surface area contributed by atoms with Crippen molar-refractivity contribution in [2.75, 3.05) is 52.4 Å². The molecule has 1 fully saturated rings. The SMILES string of the molecule is CCN(CC)C(=O)CN1CCN(C(=O)CCNC(=O)c2cc(F)ccc2Br)CC1. The third kappa shape index (κ3) is 6.78. The Hall–Kier alpha value is -2.00. The topological polar surface area (TPSA) is 73.0 Å². The summed E-state index contributed by atoms with van der Waals surface area (Å²) in [5, 5.41) is 2.65. The predicted molar refractivity (Wildman–Crippen MR) is 112 cm³/mol. The molecule has 0 bridgehead atoms. The number of carbonyl (C=O) groups excluding carboxylic acids is 3. The molecule has 29 heavy (non-hydrogen) atoms. The maximum atomic E-state index is 13.3. The molecule has 2 rings (SSSR count). The van der Waals surface area contributed by atoms with Crippen molar-refractivity contribution >= 4 is 33.7 Å². The van der Waals surface area contributed by atoms with Crippen LogP contribution in [0.2, 0.25) is 0 Å². The normalized spacial score (nSPS) is 14.6. The van der Waals surface area contributed by atoms with Gasteiger partial charge in [-0.1, -0.05) is 0 Å². The molecule has 1 aromatic rings. The molecule has 0 aliphatic carbocycles. The number of rotatable bonds is 8. The number of piperazine rings is 1. The first-order chi connectivity index (χ1) is 13.8. The maximum absolute atomic E-state index is 13.3. The molecule has 3 amide bonds. The minimum Gasteiger partial charge on any atom is -0.351 e. The number of nitrogens with one attached hydrogen (secondary N) is 1. The summed E-state index contributed by atoms with van der Waals surface area (Å²) in [7, 11) is 0. The quantitative estimate of drug-likeness (QED) is 0.627. The van der Waals surface area contributed by atoms with Gasteiger partial charge in [0.15, 0.2) is 0 Å². The lowest BCUT2D eigenvalue weighted by atomic mass is 10.2. The lowest BCUT2D eigenvalue weighted by Crippen LogP contribution is -2.51. The highest BCUT2D eigenvalue weighted by Gasteiger charge is 2.23. The molecule has 1 aromatic carbocycles. The van der Waals surface area contributed by atoms with Crippen LogP contribution in [-0.4, -0.2) is 84.8 Å². The van der Waals surface area contributed by atoms with Crippen LogP contribution in [0.15, 0.2) is 22.7 Å². The molecule has 7 nitrogen and oxygen atoms in total. The van der Waals surface area contributed by atoms with Gasteiger partial charge in [-0.2, -0.15) is 0 Å². The number of halogens is 2. The van der Waals surface area contributed by atoms with Gasteiger partial charge in [0.25, 0.3) is 5.91 Å². The number of hydrogen-bond acceptors (Lipinski definition) is 4. The smallest absolute Gasteiger partial charge is 0.252 e. The van der Waals surface area contributed by atoms with Gasteiger partial charge in [0, 0.05) is 56.7 Å². The van der Waals surface area contributed by atoms with Crippen LogP contribution in [0, 0.1) is 5.82 Å². The summed E-state index contributed by atoms with van der Waals surface area (Å²) in [5.74, 6) is -0.852. The zero-order valence-corrected chi connectivity index (χ0v) is 18.5. The molecule has 9 heteroatoms. The van der Waals surface area contributed by atoms with E-state index in [1.807, 2.05) is 13.8 Å². The van der Waals surface area contributed by atoms with E-state index in [0.29, 0.717) is 50.3 Å². The molecule has 0 aromatic heterocycles. The average molecular weight is 471 g/mol. The van der Waals surface area contributed by atoms with E-state index in [2.05, 4.69) is 26.1 Å². The van der Waals surface area contributed by atoms with Crippen LogP contribution in [0.25, 0.3) is 0 Å². The van der Waals surface area contributed by atoms with Crippen LogP contribution < -0.4 is 5.32 Å². The second-order valence-corrected chi connectivity index (χ2v) is 7.71. The highest BCUT2D eigenvalue weighted by atomic mass is 79.9. The van der Waals surface area contributed by atoms with Gasteiger partial charge < -0.3 is 15.1 Å². The maximum Gasteiger partial charge on any atom is 0.252 e. The molecule has 1 N–H and O–H groups in total. The Morgan fingerprint density at radius 1 is 1.14 bits per heavy atom. The minimum atomic E-state index is -0.494. The van der Waals surface area contributed by atoms with Crippen LogP contribution in [0.5, 0.6) is 0 Å². The summed E-state index contributed by atoms with van der Waals surface area (Å²) in [4.78, 5) is 42.3. The van der Waals surface area contributed by atoms with Crippen LogP contribution >= 0.6 is 15.9 Å². The summed E-state index contributed by atoms with van der Waals surface area (Å²) in [6.07, 6.45) is 0.178. The third-order valence-corrected chi connectivity index (χ3v) is 5.69. The van der Waals surface area contributed by atoms with Crippen molar-refractivity contribution < 1.29 is 18.8 Å². The van der Waals surface area contributed by atoms with Gasteiger partial charge in [-0.05, 0) is 48.0 Å². The number of likely N-dealkylation sites (N-methyl/N-ethyl adjacent to an activating group) is 1. The number of amides is 3. The van der Waals surface area contributed by atoms with Gasteiger partial charge in [-0.3, -0.25) is 19.3 Å². The molecule has 1 aliphatic rings. The van der Waals surface area contributed by atoms with Crippen LogP contribution in [0.3, 0.4) is 0 Å². The average Bonchev–Trinajstić information content (AvgIpc) is 2.71. The van der Waals surface area contributed by atoms with Gasteiger partial charge in [-0.25, -0.2) is 4.39 Å². The molecule has 1 heterocycles. The van der Waals surface area contributed by atoms with E-state index in [4.69, 9.17) is 0 Å². The second kappa shape index (κ2) is 11.3. The Labute approximate surface area is 179 Å². The van der Waals surface area contributed by atoms with Crippen LogP contribution in [-0.2, 0) is 9.59 Å². The Kier molecular flexibility index (Phi) is 9.03. The fourth-order valence-electron chi connectivity index (χ4n) is 3.23. The highest BCUT2D eigenvalue weighted by molar-refractivity contribution is 9.10. The van der Waals surface area contributed by atoms with Crippen molar-refractivity contribution in [3.63, 3.8) is 0 Å². The van der Waals surface area contributed by atoms with E-state index < -0.39 is 11.7 Å². The van der Waals surface area contributed by atoms with Gasteiger partial charge >= 0.3 is 0 Å². The number of nitrogens with zero attached hydrogens (tertiary/aromatic N) is 3. The summed E-state index contributed by atoms with van der Waals surface area (Å²) in [6, 6.07) is 3.89. The molecule has 1 aliphatic heterocycles. The molecule has 0 saturated carbocycles. The van der Waals surface area contributed by atoms with Gasteiger partial charge in [0.1, 0.15) is 5.82 Å². The Balaban J connectivity index is 1.72. The minimum absolute atomic E-state index is 0.0432. The van der Waals surface area contributed by atoms with Crippen LogP contribution in [0.4, 0.5) is 4.39 Å². The molecule has 0 spiro atoms. The molecule has 1 saturated heterocycles. The summed E-state index contributed by atoms with van der Waals surface area (Å²) in [5.41, 5.74) is 0.198. The first-order valence-electron chi connectivity index (χ1n) is 9.86. The Morgan fingerprint density at radius 2 is 1.79 bits per heavy atom. The number of carbonyl (C=O) groups is 3. The molecular weight excluding hydrogens is 443 g/mol. The number of hydrogen-bond donors (Lipinski definition) is 1. The fourth-order valence-corrected chi connectivity index (χ4v) is 3.66. The van der Waals surface area contributed by atoms with Crippen molar-refractivity contribution in [1.82, 2.24) is 20.0 Å². The molecule has 0 unspecified atom stereocenters. The first kappa shape index (κ1) is 23.3. The predicted octanol–water partition coefficient (Wildman–Crippen LogP) is 1.72.